The molecule has 17 heavy (non-hydrogen) atoms. The molecule has 92 valence electrons. The summed E-state index contributed by atoms with van der Waals surface area (Å²) in [5.41, 5.74) is 7.42. The van der Waals surface area contributed by atoms with Crippen molar-refractivity contribution < 1.29 is 9.90 Å². The molecule has 5 heteroatoms. The van der Waals surface area contributed by atoms with E-state index in [1.165, 1.54) is 0 Å². The molecule has 0 aromatic heterocycles. The van der Waals surface area contributed by atoms with Gasteiger partial charge in [0.2, 0.25) is 0 Å². The Hall–Kier alpha value is -1.36. The highest BCUT2D eigenvalue weighted by Gasteiger charge is 2.21. The van der Waals surface area contributed by atoms with Crippen LogP contribution >= 0.6 is 11.8 Å². The van der Waals surface area contributed by atoms with Crippen molar-refractivity contribution in [2.24, 2.45) is 0 Å². The first-order valence-corrected chi connectivity index (χ1v) is 6.62. The maximum atomic E-state index is 11.2. The monoisotopic (exact) mass is 252 g/mol. The molecule has 0 bridgehead atoms. The summed E-state index contributed by atoms with van der Waals surface area (Å²) in [6.07, 6.45) is 0. The molecule has 0 aliphatic carbocycles. The zero-order valence-electron chi connectivity index (χ0n) is 9.72. The molecule has 1 aliphatic heterocycles. The Labute approximate surface area is 105 Å². The standard InChI is InChI=1S/C12H16N2O2S/c1-8-7-14(4-5-17-8)11-6-9(13)2-3-10(11)12(15)16/h2-3,6,8H,4-5,7,13H2,1H3,(H,15,16). The van der Waals surface area contributed by atoms with Crippen LogP contribution in [-0.2, 0) is 0 Å². The Bertz CT molecular complexity index is 437. The van der Waals surface area contributed by atoms with Crippen molar-refractivity contribution in [3.05, 3.63) is 23.8 Å². The number of nitrogens with two attached hydrogens (primary N) is 1. The summed E-state index contributed by atoms with van der Waals surface area (Å²) in [6.45, 7) is 3.90. The first-order chi connectivity index (χ1) is 8.08. The molecule has 0 saturated carbocycles. The van der Waals surface area contributed by atoms with Crippen LogP contribution in [-0.4, -0.2) is 35.2 Å². The molecular formula is C12H16N2O2S. The van der Waals surface area contributed by atoms with Crippen molar-refractivity contribution in [1.82, 2.24) is 0 Å². The summed E-state index contributed by atoms with van der Waals surface area (Å²) in [7, 11) is 0. The lowest BCUT2D eigenvalue weighted by Gasteiger charge is -2.33. The van der Waals surface area contributed by atoms with E-state index in [0.29, 0.717) is 16.5 Å². The fraction of sp³-hybridized carbons (Fsp3) is 0.417. The molecule has 1 fully saturated rings. The minimum atomic E-state index is -0.897. The van der Waals surface area contributed by atoms with Crippen molar-refractivity contribution in [1.29, 1.82) is 0 Å². The van der Waals surface area contributed by atoms with Crippen LogP contribution in [0.5, 0.6) is 0 Å². The molecule has 4 nitrogen and oxygen atoms in total. The largest absolute Gasteiger partial charge is 0.478 e. The Morgan fingerprint density at radius 3 is 3.00 bits per heavy atom. The second kappa shape index (κ2) is 4.87. The average molecular weight is 252 g/mol. The van der Waals surface area contributed by atoms with E-state index in [9.17, 15) is 9.90 Å². The van der Waals surface area contributed by atoms with Crippen LogP contribution in [0.1, 0.15) is 17.3 Å². The fourth-order valence-electron chi connectivity index (χ4n) is 2.03. The Kier molecular flexibility index (Phi) is 3.47. The molecular weight excluding hydrogens is 236 g/mol. The number of thioether (sulfide) groups is 1. The highest BCUT2D eigenvalue weighted by Crippen LogP contribution is 2.28. The van der Waals surface area contributed by atoms with Crippen molar-refractivity contribution in [3.63, 3.8) is 0 Å². The molecule has 1 saturated heterocycles. The molecule has 0 amide bonds. The van der Waals surface area contributed by atoms with E-state index in [-0.39, 0.29) is 0 Å². The van der Waals surface area contributed by atoms with Gasteiger partial charge in [-0.25, -0.2) is 4.79 Å². The summed E-state index contributed by atoms with van der Waals surface area (Å²) < 4.78 is 0. The molecule has 2 rings (SSSR count). The van der Waals surface area contributed by atoms with Crippen LogP contribution in [0.15, 0.2) is 18.2 Å². The van der Waals surface area contributed by atoms with Gasteiger partial charge >= 0.3 is 5.97 Å². The predicted molar refractivity (Wildman–Crippen MR) is 71.9 cm³/mol. The topological polar surface area (TPSA) is 66.6 Å². The number of anilines is 2. The molecule has 3 N–H and O–H groups in total. The van der Waals surface area contributed by atoms with Crippen molar-refractivity contribution in [2.45, 2.75) is 12.2 Å². The first-order valence-electron chi connectivity index (χ1n) is 5.57. The number of aromatic carboxylic acids is 1. The van der Waals surface area contributed by atoms with Crippen molar-refractivity contribution in [3.8, 4) is 0 Å². The number of rotatable bonds is 2. The number of carboxylic acids is 1. The maximum absolute atomic E-state index is 11.2. The molecule has 1 aromatic carbocycles. The molecule has 0 spiro atoms. The Balaban J connectivity index is 2.35. The van der Waals surface area contributed by atoms with Gasteiger partial charge in [0.25, 0.3) is 0 Å². The lowest BCUT2D eigenvalue weighted by atomic mass is 10.1. The third-order valence-corrected chi connectivity index (χ3v) is 3.97. The first kappa shape index (κ1) is 12.1. The van der Waals surface area contributed by atoms with Gasteiger partial charge in [0, 0.05) is 29.8 Å². The summed E-state index contributed by atoms with van der Waals surface area (Å²) in [5, 5.41) is 9.70. The quantitative estimate of drug-likeness (QED) is 0.787. The number of hydrogen-bond acceptors (Lipinski definition) is 4. The van der Waals surface area contributed by atoms with Gasteiger partial charge in [-0.1, -0.05) is 6.92 Å². The lowest BCUT2D eigenvalue weighted by Crippen LogP contribution is -2.37. The third-order valence-electron chi connectivity index (χ3n) is 2.83. The molecule has 1 aliphatic rings. The smallest absolute Gasteiger partial charge is 0.337 e. The van der Waals surface area contributed by atoms with Crippen LogP contribution < -0.4 is 10.6 Å². The Morgan fingerprint density at radius 1 is 1.59 bits per heavy atom. The van der Waals surface area contributed by atoms with Crippen LogP contribution in [0.3, 0.4) is 0 Å². The van der Waals surface area contributed by atoms with Gasteiger partial charge in [0.15, 0.2) is 0 Å². The van der Waals surface area contributed by atoms with Gasteiger partial charge in [-0.2, -0.15) is 11.8 Å². The SMILES string of the molecule is CC1CN(c2cc(N)ccc2C(=O)O)CCS1. The van der Waals surface area contributed by atoms with E-state index in [1.54, 1.807) is 18.2 Å². The minimum absolute atomic E-state index is 0.332. The maximum Gasteiger partial charge on any atom is 0.337 e. The summed E-state index contributed by atoms with van der Waals surface area (Å²) in [6, 6.07) is 4.97. The van der Waals surface area contributed by atoms with Crippen LogP contribution in [0.2, 0.25) is 0 Å². The Morgan fingerprint density at radius 2 is 2.35 bits per heavy atom. The average Bonchev–Trinajstić information content (AvgIpc) is 2.28. The fourth-order valence-corrected chi connectivity index (χ4v) is 3.04. The van der Waals surface area contributed by atoms with Gasteiger partial charge in [0.1, 0.15) is 0 Å². The van der Waals surface area contributed by atoms with Crippen LogP contribution in [0.4, 0.5) is 11.4 Å². The van der Waals surface area contributed by atoms with E-state index >= 15 is 0 Å². The molecule has 1 atom stereocenters. The lowest BCUT2D eigenvalue weighted by molar-refractivity contribution is 0.0697. The highest BCUT2D eigenvalue weighted by atomic mass is 32.2. The number of nitrogen functional groups attached to an aromatic ring is 1. The van der Waals surface area contributed by atoms with Gasteiger partial charge < -0.3 is 15.7 Å². The number of nitrogens with zero attached hydrogens (tertiary/aromatic N) is 1. The molecule has 1 heterocycles. The van der Waals surface area contributed by atoms with Crippen LogP contribution in [0.25, 0.3) is 0 Å². The van der Waals surface area contributed by atoms with E-state index < -0.39 is 5.97 Å². The summed E-state index contributed by atoms with van der Waals surface area (Å²) in [4.78, 5) is 13.3. The summed E-state index contributed by atoms with van der Waals surface area (Å²) >= 11 is 1.91. The normalized spacial score (nSPS) is 20.3. The number of benzene rings is 1. The second-order valence-corrected chi connectivity index (χ2v) is 5.76. The summed E-state index contributed by atoms with van der Waals surface area (Å²) in [5.74, 6) is 0.126. The van der Waals surface area contributed by atoms with Crippen LogP contribution in [0, 0.1) is 0 Å². The molecule has 0 radical (unpaired) electrons. The van der Waals surface area contributed by atoms with Crippen molar-refractivity contribution in [2.75, 3.05) is 29.5 Å². The van der Waals surface area contributed by atoms with Crippen molar-refractivity contribution >= 4 is 29.1 Å². The van der Waals surface area contributed by atoms with E-state index in [2.05, 4.69) is 11.8 Å². The van der Waals surface area contributed by atoms with Gasteiger partial charge in [-0.3, -0.25) is 0 Å². The molecule has 1 unspecified atom stereocenters. The third kappa shape index (κ3) is 2.66. The predicted octanol–water partition coefficient (Wildman–Crippen LogP) is 1.91. The van der Waals surface area contributed by atoms with Gasteiger partial charge in [-0.15, -0.1) is 0 Å². The van der Waals surface area contributed by atoms with E-state index in [4.69, 9.17) is 5.73 Å². The zero-order valence-corrected chi connectivity index (χ0v) is 10.5. The van der Waals surface area contributed by atoms with E-state index in [0.717, 1.165) is 24.5 Å². The minimum Gasteiger partial charge on any atom is -0.478 e. The number of hydrogen-bond donors (Lipinski definition) is 2. The van der Waals surface area contributed by atoms with Gasteiger partial charge in [-0.05, 0) is 18.2 Å². The number of carboxylic acid groups (broad SMARTS) is 1. The molecule has 1 aromatic rings. The zero-order chi connectivity index (χ0) is 12.4. The number of carbonyl (C=O) groups is 1. The highest BCUT2D eigenvalue weighted by molar-refractivity contribution is 8.00. The van der Waals surface area contributed by atoms with E-state index in [1.807, 2.05) is 11.8 Å². The second-order valence-electron chi connectivity index (χ2n) is 4.21. The van der Waals surface area contributed by atoms with Gasteiger partial charge in [0.05, 0.1) is 11.3 Å².